The zero-order valence-corrected chi connectivity index (χ0v) is 14.6. The van der Waals surface area contributed by atoms with Crippen LogP contribution in [0.3, 0.4) is 0 Å². The van der Waals surface area contributed by atoms with Crippen molar-refractivity contribution < 1.29 is 0 Å². The first kappa shape index (κ1) is 14.5. The van der Waals surface area contributed by atoms with Gasteiger partial charge in [0.05, 0.1) is 0 Å². The van der Waals surface area contributed by atoms with E-state index in [0.29, 0.717) is 0 Å². The second-order valence-electron chi connectivity index (χ2n) is 6.37. The van der Waals surface area contributed by atoms with Crippen molar-refractivity contribution in [2.45, 2.75) is 27.2 Å². The van der Waals surface area contributed by atoms with E-state index in [0.717, 1.165) is 6.42 Å². The maximum Gasteiger partial charge on any atom is 0.0349 e. The van der Waals surface area contributed by atoms with Crippen molar-refractivity contribution in [1.82, 2.24) is 0 Å². The summed E-state index contributed by atoms with van der Waals surface area (Å²) in [6.45, 7) is 6.59. The van der Waals surface area contributed by atoms with Crippen molar-refractivity contribution in [3.63, 3.8) is 0 Å². The number of fused-ring (bicyclic) bond motifs is 5. The molecule has 4 rings (SSSR count). The van der Waals surface area contributed by atoms with Crippen LogP contribution in [0.15, 0.2) is 53.4 Å². The lowest BCUT2D eigenvalue weighted by atomic mass is 9.92. The van der Waals surface area contributed by atoms with E-state index in [1.165, 1.54) is 48.3 Å². The molecule has 0 aliphatic heterocycles. The Kier molecular flexibility index (Phi) is 3.46. The Balaban J connectivity index is 2.17. The molecule has 0 aliphatic carbocycles. The summed E-state index contributed by atoms with van der Waals surface area (Å²) in [6.07, 6.45) is 3.40. The molecule has 1 heteroatoms. The molecular formula is C22H20S. The third-order valence-corrected chi connectivity index (χ3v) is 5.46. The van der Waals surface area contributed by atoms with Gasteiger partial charge in [-0.05, 0) is 70.5 Å². The van der Waals surface area contributed by atoms with E-state index >= 15 is 0 Å². The molecule has 0 radical (unpaired) electrons. The fourth-order valence-electron chi connectivity index (χ4n) is 3.51. The molecule has 0 spiro atoms. The third-order valence-electron chi connectivity index (χ3n) is 4.58. The van der Waals surface area contributed by atoms with Gasteiger partial charge in [0.1, 0.15) is 0 Å². The van der Waals surface area contributed by atoms with Gasteiger partial charge in [0, 0.05) is 10.1 Å². The monoisotopic (exact) mass is 316 g/mol. The summed E-state index contributed by atoms with van der Waals surface area (Å²) < 4.78 is 1.37. The van der Waals surface area contributed by atoms with Crippen molar-refractivity contribution in [1.29, 1.82) is 0 Å². The van der Waals surface area contributed by atoms with Gasteiger partial charge in [-0.15, -0.1) is 11.3 Å². The molecule has 0 nitrogen and oxygen atoms in total. The molecule has 0 N–H and O–H groups in total. The lowest BCUT2D eigenvalue weighted by Gasteiger charge is -2.12. The molecular weight excluding hydrogens is 296 g/mol. The Morgan fingerprint density at radius 3 is 2.26 bits per heavy atom. The van der Waals surface area contributed by atoms with E-state index < -0.39 is 0 Å². The van der Waals surface area contributed by atoms with E-state index in [2.05, 4.69) is 74.7 Å². The zero-order chi connectivity index (χ0) is 16.0. The minimum absolute atomic E-state index is 1.07. The van der Waals surface area contributed by atoms with Gasteiger partial charge in [-0.1, -0.05) is 48.9 Å². The van der Waals surface area contributed by atoms with Crippen LogP contribution >= 0.6 is 11.3 Å². The SMILES string of the molecule is CCc1ccc2c(ccc3c4ccsc4ccc23)c1C=C(C)C. The highest BCUT2D eigenvalue weighted by molar-refractivity contribution is 7.17. The predicted molar refractivity (Wildman–Crippen MR) is 106 cm³/mol. The standard InChI is InChI=1S/C22H20S/c1-4-15-5-6-16-17-9-10-22-20(11-12-23-22)18(17)7-8-19(16)21(15)13-14(2)3/h5-13H,4H2,1-3H3. The maximum atomic E-state index is 2.33. The van der Waals surface area contributed by atoms with Crippen LogP contribution in [-0.4, -0.2) is 0 Å². The topological polar surface area (TPSA) is 0 Å². The summed E-state index contributed by atoms with van der Waals surface area (Å²) in [5.41, 5.74) is 4.16. The molecule has 114 valence electrons. The molecule has 0 unspecified atom stereocenters. The van der Waals surface area contributed by atoms with Crippen molar-refractivity contribution in [3.8, 4) is 0 Å². The van der Waals surface area contributed by atoms with Crippen LogP contribution < -0.4 is 0 Å². The Morgan fingerprint density at radius 1 is 0.826 bits per heavy atom. The number of benzene rings is 3. The Bertz CT molecular complexity index is 1060. The van der Waals surface area contributed by atoms with Crippen LogP contribution in [0.5, 0.6) is 0 Å². The highest BCUT2D eigenvalue weighted by atomic mass is 32.1. The fraction of sp³-hybridized carbons (Fsp3) is 0.182. The summed E-state index contributed by atoms with van der Waals surface area (Å²) >= 11 is 1.82. The zero-order valence-electron chi connectivity index (χ0n) is 13.8. The van der Waals surface area contributed by atoms with Crippen molar-refractivity contribution in [3.05, 3.63) is 64.5 Å². The second-order valence-corrected chi connectivity index (χ2v) is 7.32. The molecule has 0 aliphatic rings. The smallest absolute Gasteiger partial charge is 0.0349 e. The quantitative estimate of drug-likeness (QED) is 0.343. The lowest BCUT2D eigenvalue weighted by molar-refractivity contribution is 1.14. The molecule has 0 bridgehead atoms. The van der Waals surface area contributed by atoms with Crippen LogP contribution in [0.25, 0.3) is 37.7 Å². The molecule has 0 saturated heterocycles. The third kappa shape index (κ3) is 2.27. The summed E-state index contributed by atoms with van der Waals surface area (Å²) in [4.78, 5) is 0. The molecule has 3 aromatic carbocycles. The number of hydrogen-bond acceptors (Lipinski definition) is 1. The van der Waals surface area contributed by atoms with Crippen molar-refractivity contribution in [2.75, 3.05) is 0 Å². The first-order valence-corrected chi connectivity index (χ1v) is 9.06. The average molecular weight is 316 g/mol. The van der Waals surface area contributed by atoms with Crippen molar-refractivity contribution >= 4 is 49.0 Å². The summed E-state index contributed by atoms with van der Waals surface area (Å²) in [5.74, 6) is 0. The van der Waals surface area contributed by atoms with Crippen molar-refractivity contribution in [2.24, 2.45) is 0 Å². The minimum atomic E-state index is 1.07. The molecule has 0 amide bonds. The molecule has 0 atom stereocenters. The molecule has 0 fully saturated rings. The summed E-state index contributed by atoms with van der Waals surface area (Å²) in [7, 11) is 0. The average Bonchev–Trinajstić information content (AvgIpc) is 3.03. The van der Waals surface area contributed by atoms with Gasteiger partial charge in [-0.3, -0.25) is 0 Å². The first-order valence-electron chi connectivity index (χ1n) is 8.18. The number of rotatable bonds is 2. The van der Waals surface area contributed by atoms with Crippen LogP contribution in [-0.2, 0) is 6.42 Å². The van der Waals surface area contributed by atoms with E-state index in [4.69, 9.17) is 0 Å². The molecule has 1 heterocycles. The van der Waals surface area contributed by atoms with Gasteiger partial charge in [0.2, 0.25) is 0 Å². The molecule has 4 aromatic rings. The lowest BCUT2D eigenvalue weighted by Crippen LogP contribution is -1.90. The largest absolute Gasteiger partial charge is 0.144 e. The maximum absolute atomic E-state index is 2.33. The summed E-state index contributed by atoms with van der Waals surface area (Å²) in [6, 6.07) is 16.0. The number of hydrogen-bond donors (Lipinski definition) is 0. The number of allylic oxidation sites excluding steroid dienone is 1. The van der Waals surface area contributed by atoms with E-state index in [9.17, 15) is 0 Å². The van der Waals surface area contributed by atoms with Gasteiger partial charge in [0.15, 0.2) is 0 Å². The Hall–Kier alpha value is -2.12. The normalized spacial score (nSPS) is 11.4. The van der Waals surface area contributed by atoms with Gasteiger partial charge in [-0.25, -0.2) is 0 Å². The van der Waals surface area contributed by atoms with Crippen LogP contribution in [0.4, 0.5) is 0 Å². The highest BCUT2D eigenvalue weighted by Gasteiger charge is 2.09. The van der Waals surface area contributed by atoms with Gasteiger partial charge in [-0.2, -0.15) is 0 Å². The number of aryl methyl sites for hydroxylation is 1. The Labute approximate surface area is 141 Å². The first-order chi connectivity index (χ1) is 11.2. The second kappa shape index (κ2) is 5.50. The molecule has 1 aromatic heterocycles. The fourth-order valence-corrected chi connectivity index (χ4v) is 4.31. The molecule has 23 heavy (non-hydrogen) atoms. The predicted octanol–water partition coefficient (Wildman–Crippen LogP) is 7.19. The van der Waals surface area contributed by atoms with Gasteiger partial charge in [0.25, 0.3) is 0 Å². The van der Waals surface area contributed by atoms with Gasteiger partial charge >= 0.3 is 0 Å². The highest BCUT2D eigenvalue weighted by Crippen LogP contribution is 2.36. The minimum Gasteiger partial charge on any atom is -0.144 e. The molecule has 0 saturated carbocycles. The number of thiophene rings is 1. The van der Waals surface area contributed by atoms with Crippen LogP contribution in [0.2, 0.25) is 0 Å². The van der Waals surface area contributed by atoms with E-state index in [1.807, 2.05) is 11.3 Å². The van der Waals surface area contributed by atoms with E-state index in [-0.39, 0.29) is 0 Å². The van der Waals surface area contributed by atoms with E-state index in [1.54, 1.807) is 0 Å². The van der Waals surface area contributed by atoms with Crippen LogP contribution in [0.1, 0.15) is 31.9 Å². The van der Waals surface area contributed by atoms with Crippen LogP contribution in [0, 0.1) is 0 Å². The summed E-state index contributed by atoms with van der Waals surface area (Å²) in [5, 5.41) is 9.01. The van der Waals surface area contributed by atoms with Gasteiger partial charge < -0.3 is 0 Å². The Morgan fingerprint density at radius 2 is 1.48 bits per heavy atom.